The highest BCUT2D eigenvalue weighted by molar-refractivity contribution is 7.99. The lowest BCUT2D eigenvalue weighted by molar-refractivity contribution is 0.306. The Morgan fingerprint density at radius 1 is 1.30 bits per heavy atom. The van der Waals surface area contributed by atoms with Gasteiger partial charge in [-0.05, 0) is 30.9 Å². The van der Waals surface area contributed by atoms with Crippen LogP contribution in [-0.2, 0) is 0 Å². The van der Waals surface area contributed by atoms with E-state index >= 15 is 0 Å². The van der Waals surface area contributed by atoms with Crippen LogP contribution in [0.15, 0.2) is 35.4 Å². The molecule has 3 heteroatoms. The van der Waals surface area contributed by atoms with Gasteiger partial charge in [0.1, 0.15) is 0 Å². The molecule has 1 fully saturated rings. The second-order valence-electron chi connectivity index (χ2n) is 5.99. The van der Waals surface area contributed by atoms with Crippen molar-refractivity contribution in [3.05, 3.63) is 30.3 Å². The molecule has 0 radical (unpaired) electrons. The Hall–Kier alpha value is -0.930. The molecule has 1 heterocycles. The first-order valence-electron chi connectivity index (χ1n) is 7.75. The van der Waals surface area contributed by atoms with E-state index in [0.29, 0.717) is 0 Å². The molecule has 2 aromatic rings. The Bertz CT molecular complexity index is 516. The van der Waals surface area contributed by atoms with Crippen LogP contribution in [0.25, 0.3) is 10.9 Å². The minimum absolute atomic E-state index is 0.752. The smallest absolute Gasteiger partial charge is 0.0732 e. The largest absolute Gasteiger partial charge is 0.350 e. The lowest BCUT2D eigenvalue weighted by Gasteiger charge is -2.27. The third-order valence-corrected chi connectivity index (χ3v) is 5.17. The minimum Gasteiger partial charge on any atom is -0.350 e. The van der Waals surface area contributed by atoms with Gasteiger partial charge in [0.25, 0.3) is 0 Å². The molecule has 0 spiro atoms. The van der Waals surface area contributed by atoms with Crippen molar-refractivity contribution in [2.75, 3.05) is 12.3 Å². The summed E-state index contributed by atoms with van der Waals surface area (Å²) in [5, 5.41) is 6.31. The average Bonchev–Trinajstić information content (AvgIpc) is 2.86. The van der Waals surface area contributed by atoms with Crippen LogP contribution in [-0.4, -0.2) is 23.3 Å². The molecule has 20 heavy (non-hydrogen) atoms. The van der Waals surface area contributed by atoms with E-state index in [2.05, 4.69) is 47.6 Å². The zero-order chi connectivity index (χ0) is 13.8. The lowest BCUT2D eigenvalue weighted by Crippen LogP contribution is -2.34. The molecular formula is C17H24N2S. The van der Waals surface area contributed by atoms with Crippen molar-refractivity contribution in [1.82, 2.24) is 10.3 Å². The fourth-order valence-corrected chi connectivity index (χ4v) is 4.00. The van der Waals surface area contributed by atoms with Crippen LogP contribution in [0.3, 0.4) is 0 Å². The molecule has 2 N–H and O–H groups in total. The number of para-hydroxylation sites is 1. The Kier molecular flexibility index (Phi) is 4.69. The van der Waals surface area contributed by atoms with Crippen LogP contribution in [0.5, 0.6) is 0 Å². The van der Waals surface area contributed by atoms with Crippen LogP contribution in [0, 0.1) is 5.92 Å². The van der Waals surface area contributed by atoms with E-state index in [1.165, 1.54) is 41.6 Å². The van der Waals surface area contributed by atoms with Gasteiger partial charge in [0.05, 0.1) is 5.03 Å². The molecule has 1 aromatic heterocycles. The van der Waals surface area contributed by atoms with E-state index in [1.54, 1.807) is 0 Å². The number of benzene rings is 1. The fraction of sp³-hybridized carbons (Fsp3) is 0.529. The van der Waals surface area contributed by atoms with Crippen molar-refractivity contribution in [3.63, 3.8) is 0 Å². The molecule has 0 amide bonds. The van der Waals surface area contributed by atoms with Crippen molar-refractivity contribution in [2.24, 2.45) is 5.92 Å². The Labute approximate surface area is 125 Å². The van der Waals surface area contributed by atoms with Gasteiger partial charge in [-0.2, -0.15) is 0 Å². The third kappa shape index (κ3) is 3.58. The number of rotatable bonds is 5. The fourth-order valence-electron chi connectivity index (χ4n) is 3.17. The van der Waals surface area contributed by atoms with Crippen LogP contribution in [0.1, 0.15) is 32.6 Å². The van der Waals surface area contributed by atoms with E-state index < -0.39 is 0 Å². The predicted octanol–water partition coefficient (Wildman–Crippen LogP) is 4.43. The normalized spacial score (nSPS) is 23.2. The highest BCUT2D eigenvalue weighted by Crippen LogP contribution is 2.24. The van der Waals surface area contributed by atoms with Gasteiger partial charge >= 0.3 is 0 Å². The van der Waals surface area contributed by atoms with Crippen molar-refractivity contribution >= 4 is 22.7 Å². The molecule has 1 aliphatic rings. The first-order valence-corrected chi connectivity index (χ1v) is 8.74. The van der Waals surface area contributed by atoms with Crippen LogP contribution >= 0.6 is 11.8 Å². The number of H-pyrrole nitrogens is 1. The summed E-state index contributed by atoms with van der Waals surface area (Å²) < 4.78 is 0. The molecule has 0 aliphatic heterocycles. The molecule has 3 rings (SSSR count). The molecule has 2 nitrogen and oxygen atoms in total. The molecule has 1 aromatic carbocycles. The molecule has 0 bridgehead atoms. The van der Waals surface area contributed by atoms with Crippen molar-refractivity contribution in [1.29, 1.82) is 0 Å². The molecule has 2 unspecified atom stereocenters. The summed E-state index contributed by atoms with van der Waals surface area (Å²) in [4.78, 5) is 3.48. The quantitative estimate of drug-likeness (QED) is 0.629. The monoisotopic (exact) mass is 288 g/mol. The Balaban J connectivity index is 1.43. The van der Waals surface area contributed by atoms with Gasteiger partial charge in [0.2, 0.25) is 0 Å². The van der Waals surface area contributed by atoms with Crippen molar-refractivity contribution in [3.8, 4) is 0 Å². The van der Waals surface area contributed by atoms with E-state index in [-0.39, 0.29) is 0 Å². The minimum atomic E-state index is 0.752. The van der Waals surface area contributed by atoms with Gasteiger partial charge in [-0.3, -0.25) is 0 Å². The summed E-state index contributed by atoms with van der Waals surface area (Å²) in [7, 11) is 0. The maximum absolute atomic E-state index is 3.72. The summed E-state index contributed by atoms with van der Waals surface area (Å²) in [6.45, 7) is 3.49. The number of hydrogen-bond acceptors (Lipinski definition) is 2. The zero-order valence-electron chi connectivity index (χ0n) is 12.2. The van der Waals surface area contributed by atoms with Gasteiger partial charge < -0.3 is 10.3 Å². The molecule has 1 saturated carbocycles. The zero-order valence-corrected chi connectivity index (χ0v) is 13.0. The molecule has 2 atom stereocenters. The van der Waals surface area contributed by atoms with Crippen LogP contribution in [0.4, 0.5) is 0 Å². The van der Waals surface area contributed by atoms with E-state index in [4.69, 9.17) is 0 Å². The standard InChI is InChI=1S/C17H24N2S/c1-13-5-4-7-15(11-13)18-9-10-20-17-12-14-6-2-3-8-16(14)19-17/h2-3,6,8,12-13,15,18-19H,4-5,7,9-11H2,1H3. The summed E-state index contributed by atoms with van der Waals surface area (Å²) in [6, 6.07) is 11.5. The van der Waals surface area contributed by atoms with Crippen molar-refractivity contribution in [2.45, 2.75) is 43.7 Å². The maximum Gasteiger partial charge on any atom is 0.0732 e. The van der Waals surface area contributed by atoms with Crippen LogP contribution < -0.4 is 5.32 Å². The lowest BCUT2D eigenvalue weighted by atomic mass is 9.87. The van der Waals surface area contributed by atoms with E-state index in [9.17, 15) is 0 Å². The SMILES string of the molecule is CC1CCCC(NCCSc2cc3ccccc3[nH]2)C1. The second kappa shape index (κ2) is 6.68. The molecule has 1 aliphatic carbocycles. The predicted molar refractivity (Wildman–Crippen MR) is 88.4 cm³/mol. The van der Waals surface area contributed by atoms with Crippen LogP contribution in [0.2, 0.25) is 0 Å². The highest BCUT2D eigenvalue weighted by atomic mass is 32.2. The number of thioether (sulfide) groups is 1. The molecule has 0 saturated heterocycles. The van der Waals surface area contributed by atoms with E-state index in [1.807, 2.05) is 11.8 Å². The van der Waals surface area contributed by atoms with Gasteiger partial charge in [0, 0.05) is 29.2 Å². The summed E-state index contributed by atoms with van der Waals surface area (Å²) >= 11 is 1.92. The van der Waals surface area contributed by atoms with Gasteiger partial charge in [-0.15, -0.1) is 11.8 Å². The number of aromatic nitrogens is 1. The molecular weight excluding hydrogens is 264 g/mol. The summed E-state index contributed by atoms with van der Waals surface area (Å²) in [5.74, 6) is 2.04. The maximum atomic E-state index is 3.72. The van der Waals surface area contributed by atoms with Crippen molar-refractivity contribution < 1.29 is 0 Å². The summed E-state index contributed by atoms with van der Waals surface area (Å²) in [6.07, 6.45) is 5.54. The highest BCUT2D eigenvalue weighted by Gasteiger charge is 2.17. The first-order chi connectivity index (χ1) is 9.81. The first kappa shape index (κ1) is 14.0. The number of aromatic amines is 1. The summed E-state index contributed by atoms with van der Waals surface area (Å²) in [5.41, 5.74) is 1.24. The number of fused-ring (bicyclic) bond motifs is 1. The Morgan fingerprint density at radius 3 is 3.05 bits per heavy atom. The van der Waals surface area contributed by atoms with E-state index in [0.717, 1.165) is 24.3 Å². The second-order valence-corrected chi connectivity index (χ2v) is 7.13. The molecule has 108 valence electrons. The number of hydrogen-bond donors (Lipinski definition) is 2. The third-order valence-electron chi connectivity index (χ3n) is 4.23. The van der Waals surface area contributed by atoms with Gasteiger partial charge in [-0.1, -0.05) is 38.0 Å². The topological polar surface area (TPSA) is 27.8 Å². The number of nitrogens with one attached hydrogen (secondary N) is 2. The Morgan fingerprint density at radius 2 is 2.20 bits per heavy atom. The van der Waals surface area contributed by atoms with Gasteiger partial charge in [-0.25, -0.2) is 0 Å². The van der Waals surface area contributed by atoms with Gasteiger partial charge in [0.15, 0.2) is 0 Å². The average molecular weight is 288 g/mol.